The maximum absolute atomic E-state index is 11.7. The molecule has 1 aliphatic carbocycles. The molecule has 0 amide bonds. The van der Waals surface area contributed by atoms with Gasteiger partial charge in [0.2, 0.25) is 0 Å². The van der Waals surface area contributed by atoms with Crippen LogP contribution in [-0.2, 0) is 9.84 Å². The number of hydrogen-bond donors (Lipinski definition) is 2. The Kier molecular flexibility index (Phi) is 3.62. The van der Waals surface area contributed by atoms with E-state index in [4.69, 9.17) is 0 Å². The lowest BCUT2D eigenvalue weighted by molar-refractivity contribution is -0.0510. The van der Waals surface area contributed by atoms with Gasteiger partial charge in [0.25, 0.3) is 0 Å². The van der Waals surface area contributed by atoms with E-state index < -0.39 is 9.84 Å². The Balaban J connectivity index is 2.09. The third-order valence-corrected chi connectivity index (χ3v) is 5.90. The lowest BCUT2D eigenvalue weighted by atomic mass is 9.64. The first-order valence-electron chi connectivity index (χ1n) is 6.55. The number of aliphatic hydroxyl groups excluding tert-OH is 1. The highest BCUT2D eigenvalue weighted by atomic mass is 32.2. The summed E-state index contributed by atoms with van der Waals surface area (Å²) in [5.74, 6) is 0.113. The molecule has 1 aromatic carbocycles. The summed E-state index contributed by atoms with van der Waals surface area (Å²) in [6.45, 7) is 5.68. The monoisotopic (exact) mass is 283 g/mol. The third-order valence-electron chi connectivity index (χ3n) is 4.15. The maximum atomic E-state index is 11.7. The smallest absolute Gasteiger partial charge is 0.178 e. The second-order valence-corrected chi connectivity index (χ2v) is 7.98. The lowest BCUT2D eigenvalue weighted by Gasteiger charge is -2.49. The topological polar surface area (TPSA) is 66.4 Å². The molecule has 19 heavy (non-hydrogen) atoms. The molecule has 2 N–H and O–H groups in total. The molecule has 4 nitrogen and oxygen atoms in total. The zero-order valence-electron chi connectivity index (χ0n) is 11.6. The van der Waals surface area contributed by atoms with Gasteiger partial charge < -0.3 is 10.4 Å². The van der Waals surface area contributed by atoms with Crippen molar-refractivity contribution >= 4 is 15.5 Å². The van der Waals surface area contributed by atoms with Crippen molar-refractivity contribution in [2.45, 2.75) is 44.2 Å². The van der Waals surface area contributed by atoms with Gasteiger partial charge in [-0.15, -0.1) is 0 Å². The molecule has 0 spiro atoms. The molecule has 0 bridgehead atoms. The molecule has 1 saturated carbocycles. The van der Waals surface area contributed by atoms with E-state index >= 15 is 0 Å². The van der Waals surface area contributed by atoms with Gasteiger partial charge in [-0.05, 0) is 30.7 Å². The fraction of sp³-hybridized carbons (Fsp3) is 0.571. The summed E-state index contributed by atoms with van der Waals surface area (Å²) in [6.07, 6.45) is 0.451. The van der Waals surface area contributed by atoms with Crippen molar-refractivity contribution in [3.8, 4) is 0 Å². The summed E-state index contributed by atoms with van der Waals surface area (Å²) >= 11 is 0. The number of benzene rings is 1. The molecule has 0 heterocycles. The van der Waals surface area contributed by atoms with E-state index in [-0.39, 0.29) is 23.3 Å². The van der Waals surface area contributed by atoms with Crippen LogP contribution in [0.25, 0.3) is 0 Å². The first-order chi connectivity index (χ1) is 8.77. The van der Waals surface area contributed by atoms with Crippen LogP contribution in [0.1, 0.15) is 27.2 Å². The first-order valence-corrected chi connectivity index (χ1v) is 8.20. The summed E-state index contributed by atoms with van der Waals surface area (Å²) < 4.78 is 23.4. The predicted octanol–water partition coefficient (Wildman–Crippen LogP) is 2.05. The van der Waals surface area contributed by atoms with Crippen LogP contribution in [0.3, 0.4) is 0 Å². The van der Waals surface area contributed by atoms with E-state index in [0.717, 1.165) is 12.1 Å². The largest absolute Gasteiger partial charge is 0.392 e. The minimum Gasteiger partial charge on any atom is -0.392 e. The molecular formula is C14H21NO3S. The van der Waals surface area contributed by atoms with Crippen LogP contribution in [-0.4, -0.2) is 31.4 Å². The van der Waals surface area contributed by atoms with Crippen LogP contribution >= 0.6 is 0 Å². The number of aliphatic hydroxyl groups is 1. The van der Waals surface area contributed by atoms with Crippen LogP contribution in [0.2, 0.25) is 0 Å². The van der Waals surface area contributed by atoms with Gasteiger partial charge in [-0.25, -0.2) is 8.42 Å². The Morgan fingerprint density at radius 3 is 2.32 bits per heavy atom. The van der Waals surface area contributed by atoms with Crippen LogP contribution < -0.4 is 5.32 Å². The highest BCUT2D eigenvalue weighted by Gasteiger charge is 2.47. The molecule has 2 rings (SSSR count). The molecule has 2 unspecified atom stereocenters. The Hall–Kier alpha value is -1.07. The molecule has 0 aromatic heterocycles. The van der Waals surface area contributed by atoms with Crippen molar-refractivity contribution in [2.24, 2.45) is 5.41 Å². The van der Waals surface area contributed by atoms with Gasteiger partial charge in [0.05, 0.1) is 16.8 Å². The van der Waals surface area contributed by atoms with Gasteiger partial charge in [0, 0.05) is 17.1 Å². The van der Waals surface area contributed by atoms with Crippen molar-refractivity contribution in [3.05, 3.63) is 24.3 Å². The summed E-state index contributed by atoms with van der Waals surface area (Å²) in [4.78, 5) is 0.355. The van der Waals surface area contributed by atoms with Crippen molar-refractivity contribution in [1.29, 1.82) is 0 Å². The SMILES string of the molecule is CCS(=O)(=O)c1ccc(NC2CC(O)C2(C)C)cc1. The van der Waals surface area contributed by atoms with Gasteiger partial charge in [0.15, 0.2) is 9.84 Å². The minimum atomic E-state index is -3.13. The molecule has 1 aliphatic rings. The fourth-order valence-corrected chi connectivity index (χ4v) is 3.16. The summed E-state index contributed by atoms with van der Waals surface area (Å²) in [5, 5.41) is 13.0. The Morgan fingerprint density at radius 1 is 1.32 bits per heavy atom. The van der Waals surface area contributed by atoms with E-state index in [9.17, 15) is 13.5 Å². The lowest BCUT2D eigenvalue weighted by Crippen LogP contribution is -2.56. The summed E-state index contributed by atoms with van der Waals surface area (Å²) in [6, 6.07) is 7.04. The number of hydrogen-bond acceptors (Lipinski definition) is 4. The predicted molar refractivity (Wildman–Crippen MR) is 76.0 cm³/mol. The van der Waals surface area contributed by atoms with Crippen LogP contribution in [0.15, 0.2) is 29.2 Å². The highest BCUT2D eigenvalue weighted by molar-refractivity contribution is 7.91. The Morgan fingerprint density at radius 2 is 1.89 bits per heavy atom. The Labute approximate surface area is 114 Å². The molecule has 1 aromatic rings. The molecule has 5 heteroatoms. The molecule has 0 radical (unpaired) electrons. The second kappa shape index (κ2) is 4.80. The number of anilines is 1. The average molecular weight is 283 g/mol. The van der Waals surface area contributed by atoms with Crippen molar-refractivity contribution in [3.63, 3.8) is 0 Å². The molecular weight excluding hydrogens is 262 g/mol. The second-order valence-electron chi connectivity index (χ2n) is 5.70. The normalized spacial score (nSPS) is 25.7. The van der Waals surface area contributed by atoms with Gasteiger partial charge in [-0.1, -0.05) is 20.8 Å². The summed E-state index contributed by atoms with van der Waals surface area (Å²) in [7, 11) is -3.13. The van der Waals surface area contributed by atoms with Gasteiger partial charge in [-0.2, -0.15) is 0 Å². The van der Waals surface area contributed by atoms with Crippen molar-refractivity contribution in [2.75, 3.05) is 11.1 Å². The number of nitrogens with one attached hydrogen (secondary N) is 1. The van der Waals surface area contributed by atoms with E-state index in [1.54, 1.807) is 31.2 Å². The van der Waals surface area contributed by atoms with E-state index in [1.807, 2.05) is 13.8 Å². The van der Waals surface area contributed by atoms with E-state index in [0.29, 0.717) is 4.90 Å². The first kappa shape index (κ1) is 14.3. The zero-order chi connectivity index (χ0) is 14.3. The molecule has 0 saturated heterocycles. The van der Waals surface area contributed by atoms with Crippen LogP contribution in [0, 0.1) is 5.41 Å². The van der Waals surface area contributed by atoms with Crippen molar-refractivity contribution < 1.29 is 13.5 Å². The zero-order valence-corrected chi connectivity index (χ0v) is 12.4. The van der Waals surface area contributed by atoms with Gasteiger partial charge >= 0.3 is 0 Å². The van der Waals surface area contributed by atoms with Crippen LogP contribution in [0.4, 0.5) is 5.69 Å². The van der Waals surface area contributed by atoms with Gasteiger partial charge in [0.1, 0.15) is 0 Å². The van der Waals surface area contributed by atoms with Gasteiger partial charge in [-0.3, -0.25) is 0 Å². The average Bonchev–Trinajstić information content (AvgIpc) is 2.39. The highest BCUT2D eigenvalue weighted by Crippen LogP contribution is 2.42. The summed E-state index contributed by atoms with van der Waals surface area (Å²) in [5.41, 5.74) is 0.744. The molecule has 106 valence electrons. The Bertz CT molecular complexity index is 549. The van der Waals surface area contributed by atoms with E-state index in [2.05, 4.69) is 5.32 Å². The number of rotatable bonds is 4. The quantitative estimate of drug-likeness (QED) is 0.887. The maximum Gasteiger partial charge on any atom is 0.178 e. The standard InChI is InChI=1S/C14H21NO3S/c1-4-19(17,18)11-7-5-10(6-8-11)15-12-9-13(16)14(12,2)3/h5-8,12-13,15-16H,4,9H2,1-3H3. The fourth-order valence-electron chi connectivity index (χ4n) is 2.27. The number of sulfone groups is 1. The van der Waals surface area contributed by atoms with E-state index in [1.165, 1.54) is 0 Å². The molecule has 2 atom stereocenters. The van der Waals surface area contributed by atoms with Crippen LogP contribution in [0.5, 0.6) is 0 Å². The third kappa shape index (κ3) is 2.62. The molecule has 1 fully saturated rings. The molecule has 0 aliphatic heterocycles. The minimum absolute atomic E-state index is 0.113. The van der Waals surface area contributed by atoms with Crippen molar-refractivity contribution in [1.82, 2.24) is 0 Å².